The number of halogens is 1. The molecule has 0 aromatic rings. The molecule has 6 heteroatoms. The SMILES string of the molecule is CN1C(=O)N(C2CCCCC2)C2(CCNCC2)C1=O.Cl. The van der Waals surface area contributed by atoms with Gasteiger partial charge in [-0.15, -0.1) is 12.4 Å². The summed E-state index contributed by atoms with van der Waals surface area (Å²) in [6.07, 6.45) is 7.26. The first-order valence-corrected chi connectivity index (χ1v) is 7.49. The molecule has 20 heavy (non-hydrogen) atoms. The standard InChI is InChI=1S/C14H23N3O2.ClH/c1-16-12(18)14(7-9-15-10-8-14)17(13(16)19)11-5-3-2-4-6-11;/h11,15H,2-10H2,1H3;1H. The highest BCUT2D eigenvalue weighted by Gasteiger charge is 2.57. The van der Waals surface area contributed by atoms with E-state index < -0.39 is 5.54 Å². The number of likely N-dealkylation sites (N-methyl/N-ethyl adjacent to an activating group) is 1. The molecule has 114 valence electrons. The van der Waals surface area contributed by atoms with Gasteiger partial charge in [0.25, 0.3) is 5.91 Å². The van der Waals surface area contributed by atoms with Crippen molar-refractivity contribution >= 4 is 24.3 Å². The van der Waals surface area contributed by atoms with Crippen LogP contribution in [0.4, 0.5) is 4.79 Å². The number of carbonyl (C=O) groups excluding carboxylic acids is 2. The van der Waals surface area contributed by atoms with Crippen molar-refractivity contribution in [1.82, 2.24) is 15.1 Å². The van der Waals surface area contributed by atoms with Gasteiger partial charge in [-0.1, -0.05) is 19.3 Å². The number of rotatable bonds is 1. The lowest BCUT2D eigenvalue weighted by Crippen LogP contribution is -2.59. The van der Waals surface area contributed by atoms with Crippen molar-refractivity contribution < 1.29 is 9.59 Å². The van der Waals surface area contributed by atoms with E-state index in [2.05, 4.69) is 5.32 Å². The van der Waals surface area contributed by atoms with Crippen molar-refractivity contribution in [2.75, 3.05) is 20.1 Å². The molecule has 5 nitrogen and oxygen atoms in total. The smallest absolute Gasteiger partial charge is 0.317 e. The fraction of sp³-hybridized carbons (Fsp3) is 0.857. The Bertz CT molecular complexity index is 390. The van der Waals surface area contributed by atoms with Crippen LogP contribution in [-0.4, -0.2) is 53.5 Å². The van der Waals surface area contributed by atoms with Crippen LogP contribution in [0.15, 0.2) is 0 Å². The van der Waals surface area contributed by atoms with E-state index in [1.165, 1.54) is 24.2 Å². The number of hydrogen-bond acceptors (Lipinski definition) is 3. The van der Waals surface area contributed by atoms with Gasteiger partial charge >= 0.3 is 6.03 Å². The van der Waals surface area contributed by atoms with Crippen LogP contribution in [0.1, 0.15) is 44.9 Å². The minimum atomic E-state index is -0.543. The predicted octanol–water partition coefficient (Wildman–Crippen LogP) is 1.76. The number of piperidine rings is 1. The fourth-order valence-corrected chi connectivity index (χ4v) is 3.99. The van der Waals surface area contributed by atoms with E-state index in [0.29, 0.717) is 0 Å². The number of imide groups is 1. The monoisotopic (exact) mass is 301 g/mol. The zero-order chi connectivity index (χ0) is 13.5. The second-order valence-electron chi connectivity index (χ2n) is 6.09. The second kappa shape index (κ2) is 5.90. The maximum absolute atomic E-state index is 12.6. The maximum Gasteiger partial charge on any atom is 0.327 e. The fourth-order valence-electron chi connectivity index (χ4n) is 3.99. The Kier molecular flexibility index (Phi) is 4.59. The van der Waals surface area contributed by atoms with E-state index in [4.69, 9.17) is 0 Å². The zero-order valence-electron chi connectivity index (χ0n) is 12.1. The van der Waals surface area contributed by atoms with Gasteiger partial charge in [-0.25, -0.2) is 4.79 Å². The first kappa shape index (κ1) is 15.6. The van der Waals surface area contributed by atoms with Crippen LogP contribution in [0.2, 0.25) is 0 Å². The Morgan fingerprint density at radius 1 is 1.10 bits per heavy atom. The van der Waals surface area contributed by atoms with Gasteiger partial charge in [0.05, 0.1) is 0 Å². The lowest BCUT2D eigenvalue weighted by atomic mass is 9.83. The van der Waals surface area contributed by atoms with Gasteiger partial charge in [-0.05, 0) is 38.8 Å². The van der Waals surface area contributed by atoms with Crippen molar-refractivity contribution in [2.45, 2.75) is 56.5 Å². The van der Waals surface area contributed by atoms with Crippen molar-refractivity contribution in [3.63, 3.8) is 0 Å². The van der Waals surface area contributed by atoms with E-state index >= 15 is 0 Å². The van der Waals surface area contributed by atoms with Crippen LogP contribution in [0.25, 0.3) is 0 Å². The Hall–Kier alpha value is -0.810. The van der Waals surface area contributed by atoms with Crippen LogP contribution in [0.5, 0.6) is 0 Å². The van der Waals surface area contributed by atoms with Gasteiger partial charge in [0.2, 0.25) is 0 Å². The summed E-state index contributed by atoms with van der Waals surface area (Å²) >= 11 is 0. The highest BCUT2D eigenvalue weighted by molar-refractivity contribution is 6.07. The zero-order valence-corrected chi connectivity index (χ0v) is 12.9. The Morgan fingerprint density at radius 2 is 1.70 bits per heavy atom. The summed E-state index contributed by atoms with van der Waals surface area (Å²) in [5.41, 5.74) is -0.543. The van der Waals surface area contributed by atoms with E-state index in [1.807, 2.05) is 4.90 Å². The average Bonchev–Trinajstić information content (AvgIpc) is 2.63. The Labute approximate surface area is 126 Å². The molecule has 0 radical (unpaired) electrons. The molecule has 3 amide bonds. The summed E-state index contributed by atoms with van der Waals surface area (Å²) in [5.74, 6) is 0.0181. The molecule has 1 aliphatic carbocycles. The van der Waals surface area contributed by atoms with Gasteiger partial charge in [0, 0.05) is 13.1 Å². The maximum atomic E-state index is 12.6. The average molecular weight is 302 g/mol. The molecule has 0 unspecified atom stereocenters. The molecule has 3 aliphatic rings. The van der Waals surface area contributed by atoms with Crippen molar-refractivity contribution in [2.24, 2.45) is 0 Å². The van der Waals surface area contributed by atoms with Crippen molar-refractivity contribution in [3.8, 4) is 0 Å². The largest absolute Gasteiger partial charge is 0.327 e. The molecule has 1 spiro atoms. The minimum absolute atomic E-state index is 0. The first-order valence-electron chi connectivity index (χ1n) is 7.49. The third-order valence-corrected chi connectivity index (χ3v) is 5.03. The molecule has 2 heterocycles. The molecule has 0 aromatic carbocycles. The van der Waals surface area contributed by atoms with E-state index in [0.717, 1.165) is 38.8 Å². The van der Waals surface area contributed by atoms with Crippen LogP contribution in [-0.2, 0) is 4.79 Å². The van der Waals surface area contributed by atoms with Gasteiger partial charge in [-0.3, -0.25) is 9.69 Å². The summed E-state index contributed by atoms with van der Waals surface area (Å²) in [5, 5.41) is 3.30. The molecule has 2 saturated heterocycles. The second-order valence-corrected chi connectivity index (χ2v) is 6.09. The molecular formula is C14H24ClN3O2. The quantitative estimate of drug-likeness (QED) is 0.751. The first-order chi connectivity index (χ1) is 9.17. The highest BCUT2D eigenvalue weighted by atomic mass is 35.5. The van der Waals surface area contributed by atoms with Crippen molar-refractivity contribution in [1.29, 1.82) is 0 Å². The molecular weight excluding hydrogens is 278 g/mol. The van der Waals surface area contributed by atoms with E-state index in [9.17, 15) is 9.59 Å². The van der Waals surface area contributed by atoms with Crippen LogP contribution in [0.3, 0.4) is 0 Å². The molecule has 3 rings (SSSR count). The molecule has 1 saturated carbocycles. The molecule has 3 fully saturated rings. The van der Waals surface area contributed by atoms with E-state index in [1.54, 1.807) is 7.05 Å². The Morgan fingerprint density at radius 3 is 2.30 bits per heavy atom. The van der Waals surface area contributed by atoms with Gasteiger partial charge in [0.15, 0.2) is 0 Å². The third-order valence-electron chi connectivity index (χ3n) is 5.03. The van der Waals surface area contributed by atoms with Crippen LogP contribution >= 0.6 is 12.4 Å². The molecule has 1 N–H and O–H groups in total. The Balaban J connectivity index is 0.00000147. The molecule has 2 aliphatic heterocycles. The number of amides is 3. The van der Waals surface area contributed by atoms with Gasteiger partial charge < -0.3 is 10.2 Å². The summed E-state index contributed by atoms with van der Waals surface area (Å²) in [6.45, 7) is 1.66. The van der Waals surface area contributed by atoms with Gasteiger partial charge in [0.1, 0.15) is 5.54 Å². The summed E-state index contributed by atoms with van der Waals surface area (Å²) in [7, 11) is 1.64. The molecule has 0 aromatic heterocycles. The minimum Gasteiger partial charge on any atom is -0.317 e. The van der Waals surface area contributed by atoms with Crippen molar-refractivity contribution in [3.05, 3.63) is 0 Å². The van der Waals surface area contributed by atoms with Crippen LogP contribution < -0.4 is 5.32 Å². The van der Waals surface area contributed by atoms with Crippen LogP contribution in [0, 0.1) is 0 Å². The number of nitrogens with one attached hydrogen (secondary N) is 1. The number of hydrogen-bond donors (Lipinski definition) is 1. The van der Waals surface area contributed by atoms with Gasteiger partial charge in [-0.2, -0.15) is 0 Å². The number of carbonyl (C=O) groups is 2. The lowest BCUT2D eigenvalue weighted by molar-refractivity contribution is -0.134. The highest BCUT2D eigenvalue weighted by Crippen LogP contribution is 2.39. The number of nitrogens with zero attached hydrogens (tertiary/aromatic N) is 2. The summed E-state index contributed by atoms with van der Waals surface area (Å²) < 4.78 is 0. The lowest BCUT2D eigenvalue weighted by Gasteiger charge is -2.43. The van der Waals surface area contributed by atoms with E-state index in [-0.39, 0.29) is 30.4 Å². The third kappa shape index (κ3) is 2.21. The predicted molar refractivity (Wildman–Crippen MR) is 79.0 cm³/mol. The summed E-state index contributed by atoms with van der Waals surface area (Å²) in [4.78, 5) is 28.4. The topological polar surface area (TPSA) is 52.7 Å². The normalized spacial score (nSPS) is 27.1. The number of urea groups is 1. The molecule has 0 atom stereocenters. The molecule has 0 bridgehead atoms. The summed E-state index contributed by atoms with van der Waals surface area (Å²) in [6, 6.07) is 0.201.